The number of carbonyl (C=O) groups excluding carboxylic acids is 3. The lowest BCUT2D eigenvalue weighted by Crippen LogP contribution is -2.51. The zero-order valence-corrected chi connectivity index (χ0v) is 18.5. The first-order valence-corrected chi connectivity index (χ1v) is 11.1. The highest BCUT2D eigenvalue weighted by Gasteiger charge is 2.25. The summed E-state index contributed by atoms with van der Waals surface area (Å²) in [6.07, 6.45) is 0. The summed E-state index contributed by atoms with van der Waals surface area (Å²) in [5, 5.41) is 5.97. The van der Waals surface area contributed by atoms with Crippen LogP contribution in [-0.2, 0) is 4.79 Å². The molecule has 1 fully saturated rings. The van der Waals surface area contributed by atoms with E-state index in [-0.39, 0.29) is 12.5 Å². The van der Waals surface area contributed by atoms with Crippen molar-refractivity contribution < 1.29 is 23.9 Å². The quantitative estimate of drug-likeness (QED) is 0.545. The maximum Gasteiger partial charge on any atom is 0.325 e. The molecule has 4 amide bonds. The molecule has 3 heterocycles. The third-order valence-corrected chi connectivity index (χ3v) is 5.84. The Balaban J connectivity index is 1.08. The molecule has 5 rings (SSSR count). The number of nitrogens with zero attached hydrogens (tertiary/aromatic N) is 2. The number of aromatic nitrogens is 1. The summed E-state index contributed by atoms with van der Waals surface area (Å²) in [4.78, 5) is 44.2. The lowest BCUT2D eigenvalue weighted by Gasteiger charge is -2.34. The minimum Gasteiger partial charge on any atom is -0.486 e. The number of hydrogen-bond acceptors (Lipinski definition) is 6. The van der Waals surface area contributed by atoms with Crippen LogP contribution < -0.4 is 20.1 Å². The number of ether oxygens (including phenoxy) is 2. The van der Waals surface area contributed by atoms with Gasteiger partial charge in [0.1, 0.15) is 18.9 Å². The van der Waals surface area contributed by atoms with Crippen molar-refractivity contribution in [2.24, 2.45) is 0 Å². The predicted molar refractivity (Wildman–Crippen MR) is 125 cm³/mol. The minimum atomic E-state index is -0.616. The van der Waals surface area contributed by atoms with E-state index in [1.807, 2.05) is 35.2 Å². The van der Waals surface area contributed by atoms with Gasteiger partial charge in [0.05, 0.1) is 6.54 Å². The van der Waals surface area contributed by atoms with Crippen molar-refractivity contribution in [3.63, 3.8) is 0 Å². The fraction of sp³-hybridized carbons (Fsp3) is 0.292. The molecule has 0 atom stereocenters. The van der Waals surface area contributed by atoms with Crippen LogP contribution in [0.3, 0.4) is 0 Å². The van der Waals surface area contributed by atoms with E-state index in [0.717, 1.165) is 10.9 Å². The summed E-state index contributed by atoms with van der Waals surface area (Å²) in [6, 6.07) is 14.0. The number of carbonyl (C=O) groups is 3. The zero-order valence-electron chi connectivity index (χ0n) is 18.5. The molecule has 0 spiro atoms. The van der Waals surface area contributed by atoms with Crippen molar-refractivity contribution in [3.8, 4) is 11.5 Å². The first kappa shape index (κ1) is 21.8. The second kappa shape index (κ2) is 9.44. The molecule has 1 aromatic heterocycles. The van der Waals surface area contributed by atoms with Gasteiger partial charge in [-0.2, -0.15) is 0 Å². The first-order valence-electron chi connectivity index (χ1n) is 11.1. The molecule has 10 nitrogen and oxygen atoms in total. The normalized spacial score (nSPS) is 15.7. The lowest BCUT2D eigenvalue weighted by atomic mass is 10.2. The summed E-state index contributed by atoms with van der Waals surface area (Å²) in [7, 11) is 0. The second-order valence-electron chi connectivity index (χ2n) is 8.20. The molecule has 10 heteroatoms. The van der Waals surface area contributed by atoms with Crippen LogP contribution in [0.5, 0.6) is 11.5 Å². The van der Waals surface area contributed by atoms with Gasteiger partial charge in [0.15, 0.2) is 11.5 Å². The van der Waals surface area contributed by atoms with Gasteiger partial charge in [0, 0.05) is 48.8 Å². The fourth-order valence-electron chi connectivity index (χ4n) is 4.12. The van der Waals surface area contributed by atoms with Crippen LogP contribution in [0.4, 0.5) is 10.5 Å². The Hall–Kier alpha value is -4.05. The van der Waals surface area contributed by atoms with Crippen molar-refractivity contribution in [2.75, 3.05) is 51.3 Å². The van der Waals surface area contributed by atoms with Crippen LogP contribution in [0, 0.1) is 0 Å². The highest BCUT2D eigenvalue weighted by Crippen LogP contribution is 2.32. The van der Waals surface area contributed by atoms with Crippen molar-refractivity contribution in [3.05, 3.63) is 54.2 Å². The number of amides is 4. The molecule has 0 radical (unpaired) electrons. The van der Waals surface area contributed by atoms with Crippen molar-refractivity contribution in [1.82, 2.24) is 20.1 Å². The van der Waals surface area contributed by atoms with Gasteiger partial charge in [-0.05, 0) is 24.3 Å². The summed E-state index contributed by atoms with van der Waals surface area (Å²) in [6.45, 7) is 3.10. The number of para-hydroxylation sites is 1. The van der Waals surface area contributed by atoms with Crippen LogP contribution in [-0.4, -0.2) is 78.6 Å². The molecule has 2 aliphatic heterocycles. The molecule has 34 heavy (non-hydrogen) atoms. The van der Waals surface area contributed by atoms with Gasteiger partial charge in [0.2, 0.25) is 5.91 Å². The zero-order chi connectivity index (χ0) is 23.5. The summed E-state index contributed by atoms with van der Waals surface area (Å²) in [5.74, 6) is 0.704. The van der Waals surface area contributed by atoms with Crippen LogP contribution >= 0.6 is 0 Å². The largest absolute Gasteiger partial charge is 0.486 e. The number of benzene rings is 2. The predicted octanol–water partition coefficient (Wildman–Crippen LogP) is 2.05. The molecule has 0 unspecified atom stereocenters. The van der Waals surface area contributed by atoms with E-state index in [2.05, 4.69) is 15.6 Å². The highest BCUT2D eigenvalue weighted by molar-refractivity contribution is 6.02. The van der Waals surface area contributed by atoms with E-state index in [4.69, 9.17) is 9.47 Å². The van der Waals surface area contributed by atoms with Crippen LogP contribution in [0.25, 0.3) is 10.9 Å². The topological polar surface area (TPSA) is 116 Å². The highest BCUT2D eigenvalue weighted by atomic mass is 16.6. The minimum absolute atomic E-state index is 0.0564. The van der Waals surface area contributed by atoms with Gasteiger partial charge in [-0.1, -0.05) is 18.2 Å². The SMILES string of the molecule is O=C(CN1CCN(C(=O)c2cc3ccccc3[nH]2)CC1)NC(=O)Nc1ccc2c(c1)OCCO2. The molecule has 0 bridgehead atoms. The molecule has 2 aromatic carbocycles. The van der Waals surface area contributed by atoms with Gasteiger partial charge in [0.25, 0.3) is 5.91 Å². The van der Waals surface area contributed by atoms with Gasteiger partial charge >= 0.3 is 6.03 Å². The van der Waals surface area contributed by atoms with E-state index >= 15 is 0 Å². The maximum absolute atomic E-state index is 12.8. The van der Waals surface area contributed by atoms with E-state index in [0.29, 0.717) is 62.3 Å². The van der Waals surface area contributed by atoms with Gasteiger partial charge in [-0.15, -0.1) is 0 Å². The smallest absolute Gasteiger partial charge is 0.325 e. The molecule has 3 aromatic rings. The molecular formula is C24H25N5O5. The van der Waals surface area contributed by atoms with Crippen molar-refractivity contribution in [1.29, 1.82) is 0 Å². The molecular weight excluding hydrogens is 438 g/mol. The second-order valence-corrected chi connectivity index (χ2v) is 8.20. The maximum atomic E-state index is 12.8. The standard InChI is InChI=1S/C24H25N5O5/c30-22(27-24(32)25-17-5-6-20-21(14-17)34-12-11-33-20)15-28-7-9-29(10-8-28)23(31)19-13-16-3-1-2-4-18(16)26-19/h1-6,13-14,26H,7-12,15H2,(H2,25,27,30,32). The average molecular weight is 463 g/mol. The first-order chi connectivity index (χ1) is 16.5. The number of imide groups is 1. The molecule has 176 valence electrons. The molecule has 1 saturated heterocycles. The van der Waals surface area contributed by atoms with E-state index in [9.17, 15) is 14.4 Å². The summed E-state index contributed by atoms with van der Waals surface area (Å²) >= 11 is 0. The third kappa shape index (κ3) is 4.81. The lowest BCUT2D eigenvalue weighted by molar-refractivity contribution is -0.121. The number of piperazine rings is 1. The Bertz CT molecular complexity index is 1200. The van der Waals surface area contributed by atoms with Crippen LogP contribution in [0.1, 0.15) is 10.5 Å². The van der Waals surface area contributed by atoms with Crippen molar-refractivity contribution in [2.45, 2.75) is 0 Å². The van der Waals surface area contributed by atoms with Crippen LogP contribution in [0.2, 0.25) is 0 Å². The molecule has 0 saturated carbocycles. The average Bonchev–Trinajstić information content (AvgIpc) is 3.28. The van der Waals surface area contributed by atoms with E-state index in [1.54, 1.807) is 23.1 Å². The number of fused-ring (bicyclic) bond motifs is 2. The van der Waals surface area contributed by atoms with Gasteiger partial charge in [-0.3, -0.25) is 19.8 Å². The number of anilines is 1. The van der Waals surface area contributed by atoms with Crippen molar-refractivity contribution >= 4 is 34.4 Å². The Morgan fingerprint density at radius 1 is 0.912 bits per heavy atom. The number of nitrogens with one attached hydrogen (secondary N) is 3. The molecule has 3 N–H and O–H groups in total. The number of urea groups is 1. The Kier molecular flexibility index (Phi) is 6.05. The number of hydrogen-bond donors (Lipinski definition) is 3. The molecule has 0 aliphatic carbocycles. The summed E-state index contributed by atoms with van der Waals surface area (Å²) < 4.78 is 11.0. The van der Waals surface area contributed by atoms with E-state index < -0.39 is 11.9 Å². The fourth-order valence-corrected chi connectivity index (χ4v) is 4.12. The Morgan fingerprint density at radius 3 is 2.47 bits per heavy atom. The monoisotopic (exact) mass is 463 g/mol. The van der Waals surface area contributed by atoms with Crippen LogP contribution in [0.15, 0.2) is 48.5 Å². The Morgan fingerprint density at radius 2 is 1.68 bits per heavy atom. The Labute approximate surface area is 195 Å². The number of aromatic amines is 1. The van der Waals surface area contributed by atoms with E-state index in [1.165, 1.54) is 0 Å². The molecule has 2 aliphatic rings. The number of rotatable bonds is 4. The summed E-state index contributed by atoms with van der Waals surface area (Å²) in [5.41, 5.74) is 1.98. The number of H-pyrrole nitrogens is 1. The van der Waals surface area contributed by atoms with Gasteiger partial charge in [-0.25, -0.2) is 4.79 Å². The van der Waals surface area contributed by atoms with Gasteiger partial charge < -0.3 is 24.7 Å². The third-order valence-electron chi connectivity index (χ3n) is 5.84.